The van der Waals surface area contributed by atoms with Crippen LogP contribution >= 0.6 is 0 Å². The van der Waals surface area contributed by atoms with Crippen LogP contribution in [-0.2, 0) is 22.5 Å². The zero-order valence-corrected chi connectivity index (χ0v) is 11.5. The second kappa shape index (κ2) is 4.95. The van der Waals surface area contributed by atoms with Gasteiger partial charge in [-0.05, 0) is 19.4 Å². The molecule has 4 heterocycles. The fourth-order valence-corrected chi connectivity index (χ4v) is 3.39. The number of nitrogens with two attached hydrogens (primary N) is 1. The maximum atomic E-state index is 6.06. The molecule has 6 heteroatoms. The van der Waals surface area contributed by atoms with Crippen LogP contribution in [0, 0.1) is 0 Å². The van der Waals surface area contributed by atoms with Crippen molar-refractivity contribution in [2.45, 2.75) is 38.0 Å². The number of hydrogen-bond acceptors (Lipinski definition) is 6. The van der Waals surface area contributed by atoms with Gasteiger partial charge >= 0.3 is 0 Å². The van der Waals surface area contributed by atoms with Gasteiger partial charge in [0.05, 0.1) is 25.5 Å². The van der Waals surface area contributed by atoms with E-state index in [9.17, 15) is 0 Å². The molecule has 0 aliphatic carbocycles. The number of rotatable bonds is 1. The van der Waals surface area contributed by atoms with Crippen LogP contribution < -0.4 is 5.73 Å². The van der Waals surface area contributed by atoms with Gasteiger partial charge in [0.1, 0.15) is 11.9 Å². The SMILES string of the molecule is Nc1nc(C2CN3CCCC3CO2)nc2c1COCC2. The van der Waals surface area contributed by atoms with Crippen molar-refractivity contribution in [3.8, 4) is 0 Å². The van der Waals surface area contributed by atoms with Gasteiger partial charge in [-0.3, -0.25) is 4.90 Å². The third kappa shape index (κ3) is 2.08. The van der Waals surface area contributed by atoms with Gasteiger partial charge < -0.3 is 15.2 Å². The molecule has 3 aliphatic rings. The molecule has 2 N–H and O–H groups in total. The van der Waals surface area contributed by atoms with Crippen molar-refractivity contribution in [1.82, 2.24) is 14.9 Å². The number of hydrogen-bond donors (Lipinski definition) is 1. The summed E-state index contributed by atoms with van der Waals surface area (Å²) in [5, 5.41) is 0. The van der Waals surface area contributed by atoms with Crippen molar-refractivity contribution in [3.63, 3.8) is 0 Å². The summed E-state index contributed by atoms with van der Waals surface area (Å²) in [4.78, 5) is 11.6. The lowest BCUT2D eigenvalue weighted by Gasteiger charge is -2.34. The summed E-state index contributed by atoms with van der Waals surface area (Å²) in [5.74, 6) is 1.30. The molecule has 2 fully saturated rings. The normalized spacial score (nSPS) is 30.0. The Morgan fingerprint density at radius 2 is 2.25 bits per heavy atom. The van der Waals surface area contributed by atoms with Gasteiger partial charge in [0.2, 0.25) is 0 Å². The lowest BCUT2D eigenvalue weighted by Crippen LogP contribution is -2.43. The third-order valence-corrected chi connectivity index (χ3v) is 4.55. The van der Waals surface area contributed by atoms with Crippen molar-refractivity contribution in [1.29, 1.82) is 0 Å². The second-order valence-corrected chi connectivity index (χ2v) is 5.81. The first kappa shape index (κ1) is 12.5. The highest BCUT2D eigenvalue weighted by molar-refractivity contribution is 5.43. The van der Waals surface area contributed by atoms with Crippen LogP contribution in [0.4, 0.5) is 5.82 Å². The molecular weight excluding hydrogens is 256 g/mol. The van der Waals surface area contributed by atoms with Gasteiger partial charge in [0, 0.05) is 24.6 Å². The predicted molar refractivity (Wildman–Crippen MR) is 73.1 cm³/mol. The van der Waals surface area contributed by atoms with E-state index in [-0.39, 0.29) is 6.10 Å². The van der Waals surface area contributed by atoms with Crippen LogP contribution in [0.5, 0.6) is 0 Å². The number of morpholine rings is 1. The largest absolute Gasteiger partial charge is 0.383 e. The molecule has 0 radical (unpaired) electrons. The van der Waals surface area contributed by atoms with E-state index in [1.807, 2.05) is 0 Å². The van der Waals surface area contributed by atoms with Crippen molar-refractivity contribution in [2.75, 3.05) is 32.0 Å². The van der Waals surface area contributed by atoms with Crippen LogP contribution in [0.15, 0.2) is 0 Å². The molecule has 2 atom stereocenters. The van der Waals surface area contributed by atoms with E-state index in [1.165, 1.54) is 19.4 Å². The molecule has 1 aromatic heterocycles. The lowest BCUT2D eigenvalue weighted by molar-refractivity contribution is -0.0542. The van der Waals surface area contributed by atoms with Gasteiger partial charge in [0.25, 0.3) is 0 Å². The second-order valence-electron chi connectivity index (χ2n) is 5.81. The molecule has 0 bridgehead atoms. The predicted octanol–water partition coefficient (Wildman–Crippen LogP) is 0.667. The van der Waals surface area contributed by atoms with Crippen molar-refractivity contribution in [3.05, 3.63) is 17.1 Å². The Morgan fingerprint density at radius 1 is 1.30 bits per heavy atom. The summed E-state index contributed by atoms with van der Waals surface area (Å²) < 4.78 is 11.4. The maximum Gasteiger partial charge on any atom is 0.161 e. The first-order valence-corrected chi connectivity index (χ1v) is 7.40. The van der Waals surface area contributed by atoms with Gasteiger partial charge in [-0.25, -0.2) is 9.97 Å². The number of aromatic nitrogens is 2. The topological polar surface area (TPSA) is 73.5 Å². The number of nitrogens with zero attached hydrogens (tertiary/aromatic N) is 3. The fraction of sp³-hybridized carbons (Fsp3) is 0.714. The van der Waals surface area contributed by atoms with Gasteiger partial charge in [-0.2, -0.15) is 0 Å². The van der Waals surface area contributed by atoms with E-state index >= 15 is 0 Å². The van der Waals surface area contributed by atoms with Crippen LogP contribution in [0.3, 0.4) is 0 Å². The van der Waals surface area contributed by atoms with Crippen LogP contribution in [0.25, 0.3) is 0 Å². The Balaban J connectivity index is 1.60. The van der Waals surface area contributed by atoms with E-state index in [0.717, 1.165) is 36.7 Å². The summed E-state index contributed by atoms with van der Waals surface area (Å²) in [6.07, 6.45) is 3.29. The summed E-state index contributed by atoms with van der Waals surface area (Å²) >= 11 is 0. The summed E-state index contributed by atoms with van der Waals surface area (Å²) in [6, 6.07) is 0.592. The van der Waals surface area contributed by atoms with Crippen molar-refractivity contribution >= 4 is 5.82 Å². The number of nitrogen functional groups attached to an aromatic ring is 1. The quantitative estimate of drug-likeness (QED) is 0.812. The zero-order valence-electron chi connectivity index (χ0n) is 11.5. The van der Waals surface area contributed by atoms with E-state index < -0.39 is 0 Å². The smallest absolute Gasteiger partial charge is 0.161 e. The molecule has 0 spiro atoms. The molecule has 0 saturated carbocycles. The molecule has 0 aromatic carbocycles. The molecule has 108 valence electrons. The minimum Gasteiger partial charge on any atom is -0.383 e. The monoisotopic (exact) mass is 276 g/mol. The molecule has 3 aliphatic heterocycles. The number of anilines is 1. The van der Waals surface area contributed by atoms with E-state index in [0.29, 0.717) is 25.1 Å². The van der Waals surface area contributed by atoms with Crippen LogP contribution in [-0.4, -0.2) is 47.2 Å². The molecule has 4 rings (SSSR count). The van der Waals surface area contributed by atoms with Crippen molar-refractivity contribution in [2.24, 2.45) is 0 Å². The lowest BCUT2D eigenvalue weighted by atomic mass is 10.1. The molecule has 20 heavy (non-hydrogen) atoms. The highest BCUT2D eigenvalue weighted by atomic mass is 16.5. The highest BCUT2D eigenvalue weighted by Gasteiger charge is 2.34. The Morgan fingerprint density at radius 3 is 3.20 bits per heavy atom. The highest BCUT2D eigenvalue weighted by Crippen LogP contribution is 2.30. The fourth-order valence-electron chi connectivity index (χ4n) is 3.39. The van der Waals surface area contributed by atoms with Crippen molar-refractivity contribution < 1.29 is 9.47 Å². The van der Waals surface area contributed by atoms with E-state index in [2.05, 4.69) is 14.9 Å². The Kier molecular flexibility index (Phi) is 3.09. The first-order chi connectivity index (χ1) is 9.81. The van der Waals surface area contributed by atoms with Crippen LogP contribution in [0.2, 0.25) is 0 Å². The Labute approximate surface area is 118 Å². The van der Waals surface area contributed by atoms with E-state index in [1.54, 1.807) is 0 Å². The first-order valence-electron chi connectivity index (χ1n) is 7.40. The standard InChI is InChI=1S/C14H20N4O2/c15-13-10-8-19-5-3-11(10)16-14(17-13)12-6-18-4-1-2-9(18)7-20-12/h9,12H,1-8H2,(H2,15,16,17). The molecule has 2 saturated heterocycles. The molecule has 0 amide bonds. The molecule has 6 nitrogen and oxygen atoms in total. The maximum absolute atomic E-state index is 6.06. The average molecular weight is 276 g/mol. The van der Waals surface area contributed by atoms with E-state index in [4.69, 9.17) is 15.2 Å². The van der Waals surface area contributed by atoms with Gasteiger partial charge in [0.15, 0.2) is 5.82 Å². The molecular formula is C14H20N4O2. The Hall–Kier alpha value is -1.24. The summed E-state index contributed by atoms with van der Waals surface area (Å²) in [7, 11) is 0. The summed E-state index contributed by atoms with van der Waals surface area (Å²) in [5.41, 5.74) is 8.04. The molecule has 2 unspecified atom stereocenters. The van der Waals surface area contributed by atoms with Crippen LogP contribution in [0.1, 0.15) is 36.0 Å². The van der Waals surface area contributed by atoms with Gasteiger partial charge in [-0.1, -0.05) is 0 Å². The summed E-state index contributed by atoms with van der Waals surface area (Å²) in [6.45, 7) is 4.08. The molecule has 1 aromatic rings. The minimum absolute atomic E-state index is 0.0419. The Bertz CT molecular complexity index is 522. The number of fused-ring (bicyclic) bond motifs is 2. The minimum atomic E-state index is -0.0419. The third-order valence-electron chi connectivity index (χ3n) is 4.55. The average Bonchev–Trinajstić information content (AvgIpc) is 2.94. The number of ether oxygens (including phenoxy) is 2. The zero-order chi connectivity index (χ0) is 13.5. The van der Waals surface area contributed by atoms with Gasteiger partial charge in [-0.15, -0.1) is 0 Å².